The molecule has 0 aliphatic heterocycles. The van der Waals surface area contributed by atoms with Gasteiger partial charge in [0.2, 0.25) is 0 Å². The maximum Gasteiger partial charge on any atom is 0.156 e. The molecule has 0 saturated heterocycles. The van der Waals surface area contributed by atoms with Gasteiger partial charge in [0.25, 0.3) is 0 Å². The second kappa shape index (κ2) is 5.57. The van der Waals surface area contributed by atoms with Gasteiger partial charge in [-0.1, -0.05) is 35.9 Å². The van der Waals surface area contributed by atoms with E-state index in [-0.39, 0.29) is 5.62 Å². The summed E-state index contributed by atoms with van der Waals surface area (Å²) in [4.78, 5) is 1.46. The lowest BCUT2D eigenvalue weighted by atomic mass is 10.0. The molecule has 0 bridgehead atoms. The minimum absolute atomic E-state index is 0.0745. The van der Waals surface area contributed by atoms with Crippen LogP contribution in [0.3, 0.4) is 0 Å². The van der Waals surface area contributed by atoms with Gasteiger partial charge < -0.3 is 11.1 Å². The van der Waals surface area contributed by atoms with E-state index in [9.17, 15) is 0 Å². The number of para-hydroxylation sites is 1. The zero-order valence-electron chi connectivity index (χ0n) is 12.6. The first-order chi connectivity index (χ1) is 10.6. The van der Waals surface area contributed by atoms with E-state index < -0.39 is 0 Å². The quantitative estimate of drug-likeness (QED) is 0.696. The van der Waals surface area contributed by atoms with Crippen LogP contribution in [0.2, 0.25) is 0 Å². The van der Waals surface area contributed by atoms with E-state index in [0.29, 0.717) is 6.54 Å². The van der Waals surface area contributed by atoms with E-state index in [0.717, 1.165) is 28.1 Å². The predicted molar refractivity (Wildman–Crippen MR) is 81.6 cm³/mol. The van der Waals surface area contributed by atoms with Gasteiger partial charge in [0, 0.05) is 12.2 Å². The molecular weight excluding hydrogens is 276 g/mol. The molecule has 112 valence electrons. The van der Waals surface area contributed by atoms with Crippen molar-refractivity contribution in [1.29, 1.82) is 5.41 Å². The normalized spacial score (nSPS) is 10.9. The van der Waals surface area contributed by atoms with Crippen molar-refractivity contribution < 1.29 is 4.80 Å². The summed E-state index contributed by atoms with van der Waals surface area (Å²) < 4.78 is 1.53. The summed E-state index contributed by atoms with van der Waals surface area (Å²) in [6, 6.07) is 13.6. The largest absolute Gasteiger partial charge is 0.371 e. The number of hydrogen-bond donors (Lipinski definition) is 2. The molecule has 3 aromatic rings. The van der Waals surface area contributed by atoms with Gasteiger partial charge in [-0.25, -0.2) is 0 Å². The Morgan fingerprint density at radius 3 is 2.64 bits per heavy atom. The number of nitrogens with zero attached hydrogens (tertiary/aromatic N) is 4. The lowest BCUT2D eigenvalue weighted by Crippen LogP contribution is -2.39. The van der Waals surface area contributed by atoms with Crippen LogP contribution in [0.15, 0.2) is 42.5 Å². The molecular formula is C16H18N6. The fourth-order valence-corrected chi connectivity index (χ4v) is 2.61. The molecule has 6 heteroatoms. The number of aryl methyl sites for hydroxylation is 2. The lowest BCUT2D eigenvalue weighted by Gasteiger charge is -2.15. The van der Waals surface area contributed by atoms with Crippen molar-refractivity contribution in [3.8, 4) is 11.4 Å². The Morgan fingerprint density at radius 1 is 1.23 bits per heavy atom. The molecule has 0 aliphatic carbocycles. The zero-order chi connectivity index (χ0) is 15.7. The Balaban J connectivity index is 2.19. The van der Waals surface area contributed by atoms with Crippen molar-refractivity contribution in [2.45, 2.75) is 20.4 Å². The summed E-state index contributed by atoms with van der Waals surface area (Å²) in [6.45, 7) is 4.42. The third-order valence-corrected chi connectivity index (χ3v) is 3.51. The maximum absolute atomic E-state index is 8.13. The van der Waals surface area contributed by atoms with Gasteiger partial charge in [-0.15, -0.1) is 15.1 Å². The summed E-state index contributed by atoms with van der Waals surface area (Å²) >= 11 is 0. The van der Waals surface area contributed by atoms with E-state index in [2.05, 4.69) is 16.4 Å². The van der Waals surface area contributed by atoms with E-state index >= 15 is 0 Å². The van der Waals surface area contributed by atoms with E-state index in [1.54, 1.807) is 0 Å². The fourth-order valence-electron chi connectivity index (χ4n) is 2.61. The number of rotatable bonds is 3. The van der Waals surface area contributed by atoms with E-state index in [1.165, 1.54) is 9.48 Å². The standard InChI is InChI=1S/C16H18N6/c1-11-8-12(2)15(13(9-11)10-17)21-16(18)19-22(20-21)14-6-4-3-5-7-14/h3-9,18H,10,17H2,1-2H3. The molecule has 1 aromatic heterocycles. The Morgan fingerprint density at radius 2 is 1.95 bits per heavy atom. The topological polar surface area (TPSA) is 85.7 Å². The van der Waals surface area contributed by atoms with Crippen LogP contribution >= 0.6 is 0 Å². The predicted octanol–water partition coefficient (Wildman–Crippen LogP) is 0.661. The molecule has 3 N–H and O–H groups in total. The Hall–Kier alpha value is -2.73. The van der Waals surface area contributed by atoms with Crippen LogP contribution in [0.25, 0.3) is 11.4 Å². The SMILES string of the molecule is Cc1cc(C)c(-n2n[n+](-c3ccccc3)[n-]c2=N)c(CN)c1. The highest BCUT2D eigenvalue weighted by atomic mass is 15.6. The third-order valence-electron chi connectivity index (χ3n) is 3.51. The third kappa shape index (κ3) is 2.44. The van der Waals surface area contributed by atoms with Gasteiger partial charge >= 0.3 is 0 Å². The zero-order valence-corrected chi connectivity index (χ0v) is 12.6. The van der Waals surface area contributed by atoms with Crippen molar-refractivity contribution >= 4 is 0 Å². The molecule has 6 nitrogen and oxygen atoms in total. The number of hydrogen-bond acceptors (Lipinski definition) is 3. The van der Waals surface area contributed by atoms with Crippen molar-refractivity contribution in [1.82, 2.24) is 15.0 Å². The van der Waals surface area contributed by atoms with Crippen LogP contribution < -0.4 is 21.2 Å². The van der Waals surface area contributed by atoms with Crippen LogP contribution in [0.4, 0.5) is 0 Å². The molecule has 0 aliphatic rings. The van der Waals surface area contributed by atoms with Gasteiger partial charge in [-0.05, 0) is 37.1 Å². The first-order valence-electron chi connectivity index (χ1n) is 7.07. The molecule has 0 unspecified atom stereocenters. The van der Waals surface area contributed by atoms with Crippen molar-refractivity contribution in [2.75, 3.05) is 0 Å². The first-order valence-corrected chi connectivity index (χ1v) is 7.07. The molecule has 2 aromatic carbocycles. The molecule has 1 heterocycles. The summed E-state index contributed by atoms with van der Waals surface area (Å²) in [5.74, 6) is 0. The number of tetrazole rings is 1. The van der Waals surface area contributed by atoms with Gasteiger partial charge in [0.1, 0.15) is 5.62 Å². The Bertz CT molecular complexity index is 860. The number of aromatic nitrogens is 4. The van der Waals surface area contributed by atoms with Crippen LogP contribution in [0.5, 0.6) is 0 Å². The minimum atomic E-state index is 0.0745. The fraction of sp³-hybridized carbons (Fsp3) is 0.188. The first kappa shape index (κ1) is 14.2. The highest BCUT2D eigenvalue weighted by molar-refractivity contribution is 5.48. The van der Waals surface area contributed by atoms with Crippen LogP contribution in [-0.4, -0.2) is 9.90 Å². The summed E-state index contributed by atoms with van der Waals surface area (Å²) in [5, 5.41) is 16.7. The summed E-state index contributed by atoms with van der Waals surface area (Å²) in [7, 11) is 0. The van der Waals surface area contributed by atoms with Crippen LogP contribution in [0, 0.1) is 19.3 Å². The highest BCUT2D eigenvalue weighted by Gasteiger charge is 2.09. The van der Waals surface area contributed by atoms with Gasteiger partial charge in [-0.3, -0.25) is 4.68 Å². The molecule has 0 amide bonds. The second-order valence-electron chi connectivity index (χ2n) is 5.24. The maximum atomic E-state index is 8.13. The van der Waals surface area contributed by atoms with Crippen molar-refractivity contribution in [3.63, 3.8) is 0 Å². The van der Waals surface area contributed by atoms with Crippen LogP contribution in [-0.2, 0) is 6.54 Å². The van der Waals surface area contributed by atoms with Gasteiger partial charge in [0.05, 0.1) is 0 Å². The molecule has 0 spiro atoms. The van der Waals surface area contributed by atoms with Gasteiger partial charge in [0.15, 0.2) is 5.69 Å². The van der Waals surface area contributed by atoms with Crippen LogP contribution in [0.1, 0.15) is 16.7 Å². The van der Waals surface area contributed by atoms with Gasteiger partial charge in [-0.2, -0.15) is 0 Å². The summed E-state index contributed by atoms with van der Waals surface area (Å²) in [5.41, 5.74) is 10.7. The Labute approximate surface area is 128 Å². The van der Waals surface area contributed by atoms with E-state index in [4.69, 9.17) is 11.1 Å². The molecule has 0 atom stereocenters. The average Bonchev–Trinajstić information content (AvgIpc) is 2.89. The number of nitrogens with one attached hydrogen (secondary N) is 1. The second-order valence-corrected chi connectivity index (χ2v) is 5.24. The molecule has 0 saturated carbocycles. The summed E-state index contributed by atoms with van der Waals surface area (Å²) in [6.07, 6.45) is 0. The van der Waals surface area contributed by atoms with Crippen molar-refractivity contribution in [3.05, 3.63) is 64.8 Å². The molecule has 0 radical (unpaired) electrons. The molecule has 22 heavy (non-hydrogen) atoms. The monoisotopic (exact) mass is 294 g/mol. The lowest BCUT2D eigenvalue weighted by molar-refractivity contribution is -0.723. The minimum Gasteiger partial charge on any atom is -0.371 e. The smallest absolute Gasteiger partial charge is 0.156 e. The average molecular weight is 294 g/mol. The molecule has 0 fully saturated rings. The highest BCUT2D eigenvalue weighted by Crippen LogP contribution is 2.19. The van der Waals surface area contributed by atoms with Crippen molar-refractivity contribution in [2.24, 2.45) is 5.73 Å². The molecule has 3 rings (SSSR count). The Kier molecular flexibility index (Phi) is 3.60. The van der Waals surface area contributed by atoms with E-state index in [1.807, 2.05) is 50.2 Å². The number of benzene rings is 2. The number of nitrogens with two attached hydrogens (primary N) is 1.